The Kier molecular flexibility index (Phi) is 4.81. The minimum atomic E-state index is -0.426. The normalized spacial score (nSPS) is 12.6. The van der Waals surface area contributed by atoms with Crippen LogP contribution in [0.25, 0.3) is 11.0 Å². The number of rotatable bonds is 5. The Bertz CT molecular complexity index is 650. The Hall–Kier alpha value is -0.840. The van der Waals surface area contributed by atoms with E-state index in [1.807, 2.05) is 18.7 Å². The standard InChI is InChI=1S/C15H20Cl2FN3/c1-15(2,20(3)4)9-21-13-8-11(18)10(17)7-12(13)19-14(21)5-6-16/h7-8H,5-6,9H2,1-4H3. The fourth-order valence-electron chi connectivity index (χ4n) is 2.15. The first-order chi connectivity index (χ1) is 9.76. The summed E-state index contributed by atoms with van der Waals surface area (Å²) in [7, 11) is 4.05. The molecule has 0 bridgehead atoms. The van der Waals surface area contributed by atoms with Crippen LogP contribution in [0.2, 0.25) is 5.02 Å². The van der Waals surface area contributed by atoms with Crippen LogP contribution in [0.4, 0.5) is 4.39 Å². The van der Waals surface area contributed by atoms with E-state index in [0.29, 0.717) is 24.4 Å². The fourth-order valence-corrected chi connectivity index (χ4v) is 2.48. The zero-order valence-corrected chi connectivity index (χ0v) is 14.3. The Labute approximate surface area is 134 Å². The fraction of sp³-hybridized carbons (Fsp3) is 0.533. The highest BCUT2D eigenvalue weighted by molar-refractivity contribution is 6.31. The van der Waals surface area contributed by atoms with Crippen LogP contribution in [-0.4, -0.2) is 40.0 Å². The highest BCUT2D eigenvalue weighted by Crippen LogP contribution is 2.26. The largest absolute Gasteiger partial charge is 0.326 e. The SMILES string of the molecule is CN(C)C(C)(C)Cn1c(CCCl)nc2cc(Cl)c(F)cc21. The van der Waals surface area contributed by atoms with Crippen molar-refractivity contribution in [3.63, 3.8) is 0 Å². The lowest BCUT2D eigenvalue weighted by molar-refractivity contribution is 0.170. The number of hydrogen-bond acceptors (Lipinski definition) is 2. The third-order valence-corrected chi connectivity index (χ3v) is 4.42. The van der Waals surface area contributed by atoms with E-state index >= 15 is 0 Å². The van der Waals surface area contributed by atoms with Crippen LogP contribution in [0.5, 0.6) is 0 Å². The lowest BCUT2D eigenvalue weighted by Gasteiger charge is -2.33. The van der Waals surface area contributed by atoms with Crippen molar-refractivity contribution in [1.29, 1.82) is 0 Å². The van der Waals surface area contributed by atoms with E-state index in [1.165, 1.54) is 6.07 Å². The van der Waals surface area contributed by atoms with Gasteiger partial charge in [0, 0.05) is 30.5 Å². The number of hydrogen-bond donors (Lipinski definition) is 0. The number of halogens is 3. The van der Waals surface area contributed by atoms with Crippen molar-refractivity contribution in [1.82, 2.24) is 14.5 Å². The first kappa shape index (κ1) is 16.5. The molecule has 3 nitrogen and oxygen atoms in total. The van der Waals surface area contributed by atoms with Crippen molar-refractivity contribution in [3.8, 4) is 0 Å². The second-order valence-electron chi connectivity index (χ2n) is 6.02. The first-order valence-electron chi connectivity index (χ1n) is 6.84. The van der Waals surface area contributed by atoms with Gasteiger partial charge < -0.3 is 9.47 Å². The zero-order valence-electron chi connectivity index (χ0n) is 12.8. The molecule has 116 valence electrons. The predicted octanol–water partition coefficient (Wildman–Crippen LogP) is 3.95. The quantitative estimate of drug-likeness (QED) is 0.773. The molecule has 0 radical (unpaired) electrons. The van der Waals surface area contributed by atoms with E-state index in [4.69, 9.17) is 23.2 Å². The molecule has 1 heterocycles. The minimum Gasteiger partial charge on any atom is -0.326 e. The molecule has 2 rings (SSSR count). The number of alkyl halides is 1. The van der Waals surface area contributed by atoms with Gasteiger partial charge in [-0.3, -0.25) is 0 Å². The Morgan fingerprint density at radius 2 is 2.00 bits per heavy atom. The van der Waals surface area contributed by atoms with Gasteiger partial charge in [0.05, 0.1) is 16.1 Å². The molecular weight excluding hydrogens is 312 g/mol. The van der Waals surface area contributed by atoms with Gasteiger partial charge in [-0.25, -0.2) is 9.37 Å². The molecule has 0 aliphatic rings. The van der Waals surface area contributed by atoms with Crippen molar-refractivity contribution >= 4 is 34.2 Å². The lowest BCUT2D eigenvalue weighted by atomic mass is 10.0. The van der Waals surface area contributed by atoms with Crippen LogP contribution in [-0.2, 0) is 13.0 Å². The van der Waals surface area contributed by atoms with Gasteiger partial charge in [0.25, 0.3) is 0 Å². The van der Waals surface area contributed by atoms with Crippen LogP contribution in [0, 0.1) is 5.82 Å². The summed E-state index contributed by atoms with van der Waals surface area (Å²) in [6.45, 7) is 4.97. The summed E-state index contributed by atoms with van der Waals surface area (Å²) in [6, 6.07) is 3.03. The zero-order chi connectivity index (χ0) is 15.8. The number of nitrogens with zero attached hydrogens (tertiary/aromatic N) is 3. The van der Waals surface area contributed by atoms with Gasteiger partial charge in [-0.1, -0.05) is 11.6 Å². The third-order valence-electron chi connectivity index (χ3n) is 3.94. The Morgan fingerprint density at radius 3 is 2.57 bits per heavy atom. The number of fused-ring (bicyclic) bond motifs is 1. The summed E-state index contributed by atoms with van der Waals surface area (Å²) in [5, 5.41) is 0.0939. The second kappa shape index (κ2) is 6.11. The number of benzene rings is 1. The van der Waals surface area contributed by atoms with Gasteiger partial charge >= 0.3 is 0 Å². The van der Waals surface area contributed by atoms with Crippen LogP contribution in [0.15, 0.2) is 12.1 Å². The maximum atomic E-state index is 13.8. The molecule has 1 aromatic heterocycles. The number of imidazole rings is 1. The highest BCUT2D eigenvalue weighted by Gasteiger charge is 2.24. The summed E-state index contributed by atoms with van der Waals surface area (Å²) >= 11 is 11.7. The lowest BCUT2D eigenvalue weighted by Crippen LogP contribution is -2.42. The van der Waals surface area contributed by atoms with Crippen molar-refractivity contribution in [2.75, 3.05) is 20.0 Å². The molecule has 0 amide bonds. The molecule has 0 spiro atoms. The summed E-state index contributed by atoms with van der Waals surface area (Å²) in [5.41, 5.74) is 1.37. The van der Waals surface area contributed by atoms with Crippen LogP contribution in [0.3, 0.4) is 0 Å². The molecule has 21 heavy (non-hydrogen) atoms. The molecule has 0 aliphatic carbocycles. The smallest absolute Gasteiger partial charge is 0.144 e. The van der Waals surface area contributed by atoms with Crippen LogP contribution < -0.4 is 0 Å². The van der Waals surface area contributed by atoms with Crippen molar-refractivity contribution in [3.05, 3.63) is 28.8 Å². The summed E-state index contributed by atoms with van der Waals surface area (Å²) in [4.78, 5) is 6.69. The molecular formula is C15H20Cl2FN3. The average molecular weight is 332 g/mol. The molecule has 0 atom stereocenters. The van der Waals surface area contributed by atoms with Gasteiger partial charge in [0.1, 0.15) is 11.6 Å². The van der Waals surface area contributed by atoms with Crippen molar-refractivity contribution < 1.29 is 4.39 Å². The molecule has 0 fully saturated rings. The van der Waals surface area contributed by atoms with E-state index in [2.05, 4.69) is 23.7 Å². The Balaban J connectivity index is 2.58. The number of likely N-dealkylation sites (N-methyl/N-ethyl adjacent to an activating group) is 1. The van der Waals surface area contributed by atoms with E-state index < -0.39 is 5.82 Å². The number of aromatic nitrogens is 2. The number of aryl methyl sites for hydroxylation is 1. The molecule has 0 aliphatic heterocycles. The van der Waals surface area contributed by atoms with E-state index in [9.17, 15) is 4.39 Å². The molecule has 1 aromatic carbocycles. The second-order valence-corrected chi connectivity index (χ2v) is 6.80. The highest BCUT2D eigenvalue weighted by atomic mass is 35.5. The van der Waals surface area contributed by atoms with E-state index in [1.54, 1.807) is 6.07 Å². The van der Waals surface area contributed by atoms with Crippen molar-refractivity contribution in [2.45, 2.75) is 32.4 Å². The molecule has 0 N–H and O–H groups in total. The maximum Gasteiger partial charge on any atom is 0.144 e. The Morgan fingerprint density at radius 1 is 1.33 bits per heavy atom. The molecule has 2 aromatic rings. The first-order valence-corrected chi connectivity index (χ1v) is 7.75. The van der Waals surface area contributed by atoms with Gasteiger partial charge in [-0.05, 0) is 34.0 Å². The molecule has 0 unspecified atom stereocenters. The molecule has 0 saturated carbocycles. The van der Waals surface area contributed by atoms with E-state index in [0.717, 1.165) is 11.3 Å². The average Bonchev–Trinajstić information content (AvgIpc) is 2.68. The van der Waals surface area contributed by atoms with Crippen LogP contribution >= 0.6 is 23.2 Å². The molecule has 6 heteroatoms. The van der Waals surface area contributed by atoms with E-state index in [-0.39, 0.29) is 10.6 Å². The van der Waals surface area contributed by atoms with Gasteiger partial charge in [-0.2, -0.15) is 0 Å². The van der Waals surface area contributed by atoms with Crippen LogP contribution in [0.1, 0.15) is 19.7 Å². The van der Waals surface area contributed by atoms with Crippen molar-refractivity contribution in [2.24, 2.45) is 0 Å². The summed E-state index contributed by atoms with van der Waals surface area (Å²) in [5.74, 6) is 0.907. The monoisotopic (exact) mass is 331 g/mol. The third kappa shape index (κ3) is 3.33. The van der Waals surface area contributed by atoms with Gasteiger partial charge in [0.15, 0.2) is 0 Å². The summed E-state index contributed by atoms with van der Waals surface area (Å²) < 4.78 is 15.8. The van der Waals surface area contributed by atoms with Gasteiger partial charge in [0.2, 0.25) is 0 Å². The minimum absolute atomic E-state index is 0.0925. The maximum absolute atomic E-state index is 13.8. The topological polar surface area (TPSA) is 21.1 Å². The summed E-state index contributed by atoms with van der Waals surface area (Å²) in [6.07, 6.45) is 0.638. The van der Waals surface area contributed by atoms with Gasteiger partial charge in [-0.15, -0.1) is 11.6 Å². The predicted molar refractivity (Wildman–Crippen MR) is 86.9 cm³/mol. The molecule has 0 saturated heterocycles.